The van der Waals surface area contributed by atoms with E-state index >= 15 is 0 Å². The van der Waals surface area contributed by atoms with Crippen molar-refractivity contribution in [1.29, 1.82) is 0 Å². The smallest absolute Gasteiger partial charge is 0.246 e. The highest BCUT2D eigenvalue weighted by Gasteiger charge is 2.05. The highest BCUT2D eigenvalue weighted by atomic mass is 16.5. The number of pyridine rings is 1. The number of nitrogens with zero attached hydrogens (tertiary/aromatic N) is 3. The van der Waals surface area contributed by atoms with Crippen LogP contribution in [-0.2, 0) is 11.3 Å². The normalized spacial score (nSPS) is 10.2. The second-order valence-corrected chi connectivity index (χ2v) is 3.84. The van der Waals surface area contributed by atoms with Crippen molar-refractivity contribution >= 4 is 17.3 Å². The summed E-state index contributed by atoms with van der Waals surface area (Å²) < 4.78 is 6.68. The fraction of sp³-hybridized carbons (Fsp3) is 0.250. The van der Waals surface area contributed by atoms with E-state index in [1.165, 1.54) is 10.9 Å². The molecule has 3 N–H and O–H groups in total. The quantitative estimate of drug-likeness (QED) is 0.833. The number of nitrogens with one attached hydrogen (secondary N) is 1. The van der Waals surface area contributed by atoms with Gasteiger partial charge in [-0.25, -0.2) is 4.98 Å². The summed E-state index contributed by atoms with van der Waals surface area (Å²) in [4.78, 5) is 15.8. The fourth-order valence-electron chi connectivity index (χ4n) is 1.50. The third-order valence-corrected chi connectivity index (χ3v) is 2.27. The van der Waals surface area contributed by atoms with Crippen LogP contribution in [0.15, 0.2) is 30.7 Å². The van der Waals surface area contributed by atoms with Gasteiger partial charge in [0, 0.05) is 12.3 Å². The van der Waals surface area contributed by atoms with E-state index in [2.05, 4.69) is 15.4 Å². The van der Waals surface area contributed by atoms with E-state index in [1.54, 1.807) is 24.5 Å². The molecule has 19 heavy (non-hydrogen) atoms. The molecule has 2 aromatic rings. The van der Waals surface area contributed by atoms with Crippen molar-refractivity contribution in [3.8, 4) is 5.88 Å². The number of aromatic nitrogens is 3. The Balaban J connectivity index is 1.91. The number of carbonyl (C=O) groups is 1. The summed E-state index contributed by atoms with van der Waals surface area (Å²) in [6.45, 7) is 2.54. The summed E-state index contributed by atoms with van der Waals surface area (Å²) in [5, 5.41) is 6.64. The maximum absolute atomic E-state index is 11.7. The van der Waals surface area contributed by atoms with Gasteiger partial charge < -0.3 is 15.8 Å². The number of anilines is 2. The molecule has 7 heteroatoms. The molecule has 0 saturated carbocycles. The second kappa shape index (κ2) is 5.85. The molecule has 0 aromatic carbocycles. The van der Waals surface area contributed by atoms with Crippen LogP contribution in [-0.4, -0.2) is 27.3 Å². The summed E-state index contributed by atoms with van der Waals surface area (Å²) >= 11 is 0. The molecule has 7 nitrogen and oxygen atoms in total. The van der Waals surface area contributed by atoms with Gasteiger partial charge in [-0.1, -0.05) is 0 Å². The molecule has 2 heterocycles. The lowest BCUT2D eigenvalue weighted by atomic mass is 10.4. The fourth-order valence-corrected chi connectivity index (χ4v) is 1.50. The van der Waals surface area contributed by atoms with E-state index in [4.69, 9.17) is 10.5 Å². The summed E-state index contributed by atoms with van der Waals surface area (Å²) in [5.41, 5.74) is 6.64. The monoisotopic (exact) mass is 261 g/mol. The molecule has 0 fully saturated rings. The number of nitrogen functional groups attached to an aromatic ring is 1. The Kier molecular flexibility index (Phi) is 3.97. The Bertz CT molecular complexity index is 550. The van der Waals surface area contributed by atoms with Crippen LogP contribution < -0.4 is 15.8 Å². The minimum absolute atomic E-state index is 0.102. The first kappa shape index (κ1) is 12.9. The molecule has 0 saturated heterocycles. The number of ether oxygens (including phenoxy) is 1. The SMILES string of the molecule is CCOc1ccc(NC(=O)Cn2cc(N)cn2)cn1. The van der Waals surface area contributed by atoms with Crippen LogP contribution >= 0.6 is 0 Å². The number of nitrogens with two attached hydrogens (primary N) is 1. The van der Waals surface area contributed by atoms with Gasteiger partial charge in [0.05, 0.1) is 30.4 Å². The molecule has 0 atom stereocenters. The predicted octanol–water partition coefficient (Wildman–Crippen LogP) is 0.898. The Morgan fingerprint density at radius 2 is 2.32 bits per heavy atom. The average molecular weight is 261 g/mol. The number of hydrogen-bond donors (Lipinski definition) is 2. The van der Waals surface area contributed by atoms with Gasteiger partial charge in [0.2, 0.25) is 11.8 Å². The van der Waals surface area contributed by atoms with Gasteiger partial charge in [0.25, 0.3) is 0 Å². The van der Waals surface area contributed by atoms with Crippen LogP contribution in [0, 0.1) is 0 Å². The molecule has 0 aliphatic rings. The zero-order chi connectivity index (χ0) is 13.7. The van der Waals surface area contributed by atoms with Gasteiger partial charge in [-0.15, -0.1) is 0 Å². The summed E-state index contributed by atoms with van der Waals surface area (Å²) in [6.07, 6.45) is 4.63. The van der Waals surface area contributed by atoms with Gasteiger partial charge in [0.15, 0.2) is 0 Å². The number of carbonyl (C=O) groups excluding carboxylic acids is 1. The van der Waals surface area contributed by atoms with Crippen molar-refractivity contribution < 1.29 is 9.53 Å². The van der Waals surface area contributed by atoms with Crippen molar-refractivity contribution in [1.82, 2.24) is 14.8 Å². The van der Waals surface area contributed by atoms with E-state index in [-0.39, 0.29) is 12.5 Å². The zero-order valence-electron chi connectivity index (χ0n) is 10.5. The van der Waals surface area contributed by atoms with E-state index in [1.807, 2.05) is 6.92 Å². The predicted molar refractivity (Wildman–Crippen MR) is 70.7 cm³/mol. The van der Waals surface area contributed by atoms with Crippen molar-refractivity contribution in [2.75, 3.05) is 17.7 Å². The van der Waals surface area contributed by atoms with Crippen LogP contribution in [0.1, 0.15) is 6.92 Å². The molecule has 0 spiro atoms. The van der Waals surface area contributed by atoms with E-state index in [0.717, 1.165) is 0 Å². The van der Waals surface area contributed by atoms with Crippen molar-refractivity contribution in [3.05, 3.63) is 30.7 Å². The van der Waals surface area contributed by atoms with Gasteiger partial charge in [-0.2, -0.15) is 5.10 Å². The zero-order valence-corrected chi connectivity index (χ0v) is 10.5. The lowest BCUT2D eigenvalue weighted by Gasteiger charge is -2.06. The molecule has 2 aromatic heterocycles. The van der Waals surface area contributed by atoms with E-state index in [0.29, 0.717) is 23.9 Å². The molecule has 0 bridgehead atoms. The second-order valence-electron chi connectivity index (χ2n) is 3.84. The molecule has 100 valence electrons. The van der Waals surface area contributed by atoms with Crippen molar-refractivity contribution in [3.63, 3.8) is 0 Å². The molecule has 1 amide bonds. The number of rotatable bonds is 5. The number of amides is 1. The standard InChI is InChI=1S/C12H15N5O2/c1-2-19-12-4-3-10(6-14-12)16-11(18)8-17-7-9(13)5-15-17/h3-7H,2,8,13H2,1H3,(H,16,18). The third-order valence-electron chi connectivity index (χ3n) is 2.27. The highest BCUT2D eigenvalue weighted by molar-refractivity contribution is 5.90. The minimum Gasteiger partial charge on any atom is -0.478 e. The minimum atomic E-state index is -0.200. The molecule has 0 radical (unpaired) electrons. The Morgan fingerprint density at radius 1 is 1.47 bits per heavy atom. The Labute approximate surface area is 110 Å². The lowest BCUT2D eigenvalue weighted by molar-refractivity contribution is -0.116. The average Bonchev–Trinajstić information content (AvgIpc) is 2.77. The van der Waals surface area contributed by atoms with Crippen LogP contribution in [0.5, 0.6) is 5.88 Å². The van der Waals surface area contributed by atoms with Crippen LogP contribution in [0.2, 0.25) is 0 Å². The summed E-state index contributed by atoms with van der Waals surface area (Å²) in [6, 6.07) is 3.43. The van der Waals surface area contributed by atoms with Gasteiger partial charge in [0.1, 0.15) is 6.54 Å². The van der Waals surface area contributed by atoms with E-state index < -0.39 is 0 Å². The maximum Gasteiger partial charge on any atom is 0.246 e. The first-order valence-electron chi connectivity index (χ1n) is 5.84. The van der Waals surface area contributed by atoms with Crippen molar-refractivity contribution in [2.45, 2.75) is 13.5 Å². The van der Waals surface area contributed by atoms with E-state index in [9.17, 15) is 4.79 Å². The highest BCUT2D eigenvalue weighted by Crippen LogP contribution is 2.11. The third kappa shape index (κ3) is 3.70. The first-order chi connectivity index (χ1) is 9.17. The molecule has 0 aliphatic heterocycles. The molecular formula is C12H15N5O2. The molecule has 0 unspecified atom stereocenters. The maximum atomic E-state index is 11.7. The summed E-state index contributed by atoms with van der Waals surface area (Å²) in [7, 11) is 0. The number of hydrogen-bond acceptors (Lipinski definition) is 5. The van der Waals surface area contributed by atoms with Crippen LogP contribution in [0.3, 0.4) is 0 Å². The van der Waals surface area contributed by atoms with Gasteiger partial charge in [-0.05, 0) is 13.0 Å². The van der Waals surface area contributed by atoms with Crippen LogP contribution in [0.4, 0.5) is 11.4 Å². The van der Waals surface area contributed by atoms with Gasteiger partial charge in [-0.3, -0.25) is 9.48 Å². The van der Waals surface area contributed by atoms with Gasteiger partial charge >= 0.3 is 0 Å². The molecule has 2 rings (SSSR count). The Hall–Kier alpha value is -2.57. The molecule has 0 aliphatic carbocycles. The first-order valence-corrected chi connectivity index (χ1v) is 5.84. The molecular weight excluding hydrogens is 246 g/mol. The summed E-state index contributed by atoms with van der Waals surface area (Å²) in [5.74, 6) is 0.328. The Morgan fingerprint density at radius 3 is 2.89 bits per heavy atom. The topological polar surface area (TPSA) is 95.1 Å². The van der Waals surface area contributed by atoms with Crippen LogP contribution in [0.25, 0.3) is 0 Å². The van der Waals surface area contributed by atoms with Crippen molar-refractivity contribution in [2.24, 2.45) is 0 Å². The largest absolute Gasteiger partial charge is 0.478 e. The lowest BCUT2D eigenvalue weighted by Crippen LogP contribution is -2.19.